The molecule has 212 valence electrons. The van der Waals surface area contributed by atoms with Crippen LogP contribution in [0.5, 0.6) is 0 Å². The van der Waals surface area contributed by atoms with E-state index in [0.29, 0.717) is 5.41 Å². The Bertz CT molecular complexity index is 729. The summed E-state index contributed by atoms with van der Waals surface area (Å²) in [5.74, 6) is 0.925. The summed E-state index contributed by atoms with van der Waals surface area (Å²) in [6.07, 6.45) is 8.48. The molecule has 0 amide bonds. The van der Waals surface area contributed by atoms with Crippen LogP contribution < -0.4 is 0 Å². The number of aryl methyl sites for hydroxylation is 1. The van der Waals surface area contributed by atoms with Crippen LogP contribution in [0.25, 0.3) is 0 Å². The smallest absolute Gasteiger partial charge is 0.211 e. The van der Waals surface area contributed by atoms with Crippen molar-refractivity contribution in [3.8, 4) is 0 Å². The molecule has 1 heterocycles. The lowest BCUT2D eigenvalue weighted by molar-refractivity contribution is 0.00283. The van der Waals surface area contributed by atoms with Crippen molar-refractivity contribution in [1.29, 1.82) is 0 Å². The second kappa shape index (κ2) is 20.9. The lowest BCUT2D eigenvalue weighted by atomic mass is 9.52. The number of hydrogen-bond donors (Lipinski definition) is 0. The maximum atomic E-state index is 9.09. The molecule has 0 unspecified atom stereocenters. The zero-order valence-electron chi connectivity index (χ0n) is 22.4. The molecular formula is C26H44Cl6N2OS. The van der Waals surface area contributed by atoms with Crippen LogP contribution in [0.4, 0.5) is 0 Å². The third kappa shape index (κ3) is 12.0. The summed E-state index contributed by atoms with van der Waals surface area (Å²) < 4.78 is 9.09. The van der Waals surface area contributed by atoms with E-state index in [4.69, 9.17) is 50.6 Å². The first-order valence-electron chi connectivity index (χ1n) is 12.6. The first kappa shape index (κ1) is 37.0. The Morgan fingerprint density at radius 1 is 1.00 bits per heavy atom. The van der Waals surface area contributed by atoms with Gasteiger partial charge in [0.05, 0.1) is 10.7 Å². The van der Waals surface area contributed by atoms with Crippen molar-refractivity contribution in [3.63, 3.8) is 0 Å². The number of fused-ring (bicyclic) bond motifs is 1. The van der Waals surface area contributed by atoms with Crippen LogP contribution in [0, 0.1) is 12.8 Å². The molecule has 0 aromatic heterocycles. The molecule has 36 heavy (non-hydrogen) atoms. The van der Waals surface area contributed by atoms with Crippen molar-refractivity contribution >= 4 is 77.0 Å². The summed E-state index contributed by atoms with van der Waals surface area (Å²) in [6.45, 7) is 13.7. The fourth-order valence-corrected chi connectivity index (χ4v) is 5.98. The summed E-state index contributed by atoms with van der Waals surface area (Å²) in [5, 5.41) is 0.389. The number of alkyl halides is 4. The first-order valence-corrected chi connectivity index (χ1v) is 17.6. The number of likely N-dealkylation sites (tertiary alicyclic amines) is 1. The Balaban J connectivity index is 0.000000601. The molecule has 3 atom stereocenters. The van der Waals surface area contributed by atoms with E-state index in [2.05, 4.69) is 84.1 Å². The van der Waals surface area contributed by atoms with Gasteiger partial charge in [0.25, 0.3) is 0 Å². The van der Waals surface area contributed by atoms with Gasteiger partial charge in [-0.1, -0.05) is 57.4 Å². The van der Waals surface area contributed by atoms with Gasteiger partial charge in [-0.2, -0.15) is 0 Å². The predicted molar refractivity (Wildman–Crippen MR) is 166 cm³/mol. The first-order chi connectivity index (χ1) is 17.1. The van der Waals surface area contributed by atoms with E-state index >= 15 is 0 Å². The molecule has 0 spiro atoms. The highest BCUT2D eigenvalue weighted by atomic mass is 36.0. The van der Waals surface area contributed by atoms with Crippen LogP contribution in [0.2, 0.25) is 0 Å². The average Bonchev–Trinajstić information content (AvgIpc) is 2.84. The lowest BCUT2D eigenvalue weighted by Crippen LogP contribution is -2.59. The van der Waals surface area contributed by atoms with Crippen LogP contribution >= 0.6 is 67.8 Å². The van der Waals surface area contributed by atoms with Gasteiger partial charge in [-0.3, -0.25) is 0 Å². The number of rotatable bonds is 3. The highest BCUT2D eigenvalue weighted by Crippen LogP contribution is 2.55. The van der Waals surface area contributed by atoms with Crippen LogP contribution in [0.3, 0.4) is 0 Å². The minimum absolute atomic E-state index is 0.194. The van der Waals surface area contributed by atoms with Crippen LogP contribution in [0.1, 0.15) is 69.6 Å². The number of benzene rings is 1. The quantitative estimate of drug-likeness (QED) is 0.242. The average molecular weight is 645 g/mol. The van der Waals surface area contributed by atoms with Crippen LogP contribution in [-0.4, -0.2) is 64.0 Å². The van der Waals surface area contributed by atoms with Crippen LogP contribution in [0.15, 0.2) is 18.2 Å². The predicted octanol–water partition coefficient (Wildman–Crippen LogP) is 8.92. The summed E-state index contributed by atoms with van der Waals surface area (Å²) >= 11 is 19.1. The van der Waals surface area contributed by atoms with E-state index in [1.807, 2.05) is 0 Å². The molecule has 2 bridgehead atoms. The van der Waals surface area contributed by atoms with Crippen LogP contribution in [-0.2, 0) is 21.1 Å². The zero-order chi connectivity index (χ0) is 27.7. The Hall–Kier alpha value is 1.03. The maximum Gasteiger partial charge on any atom is 0.211 e. The molecule has 1 saturated heterocycles. The van der Waals surface area contributed by atoms with Crippen molar-refractivity contribution in [2.75, 3.05) is 43.9 Å². The molecule has 3 nitrogen and oxygen atoms in total. The number of halogens is 6. The SMILES string of the molecule is CCN(CC)CC.Cc1ccc2c(c1)[C@@]13CCCC[C@H]1[C@@H](C2)N(C)CC3.ClCCl.ClCCl.O=S(Cl)Cl. The molecule has 10 heteroatoms. The molecule has 2 aliphatic carbocycles. The summed E-state index contributed by atoms with van der Waals surface area (Å²) in [4.78, 5) is 5.02. The third-order valence-electron chi connectivity index (χ3n) is 7.61. The summed E-state index contributed by atoms with van der Waals surface area (Å²) in [6, 6.07) is 8.07. The second-order valence-corrected chi connectivity index (χ2v) is 13.3. The number of hydrogen-bond acceptors (Lipinski definition) is 3. The van der Waals surface area contributed by atoms with Crippen molar-refractivity contribution in [3.05, 3.63) is 34.9 Å². The summed E-state index contributed by atoms with van der Waals surface area (Å²) in [7, 11) is 9.71. The standard InChI is InChI=1S/C18H25N.C6H15N.2CH2Cl2.Cl2OS/c1-13-6-7-14-12-17-15-5-3-4-8-18(15,16(14)11-13)9-10-19(17)2;1-4-7(5-2)6-3;2*2-1-3;1-4(2)3/h6-7,11,15,17H,3-5,8-10,12H2,1-2H3;4-6H2,1-3H3;2*1H2;/t15-,17+,18+;;;;/m0..../s1. The lowest BCUT2D eigenvalue weighted by Gasteiger charge is -2.58. The van der Waals surface area contributed by atoms with E-state index in [1.165, 1.54) is 70.3 Å². The number of likely N-dealkylation sites (N-methyl/N-ethyl adjacent to an activating group) is 1. The van der Waals surface area contributed by atoms with Gasteiger partial charge in [-0.15, -0.1) is 46.4 Å². The normalized spacial score (nSPS) is 23.8. The summed E-state index contributed by atoms with van der Waals surface area (Å²) in [5.41, 5.74) is 5.38. The molecule has 2 fully saturated rings. The Labute approximate surface area is 251 Å². The molecular weight excluding hydrogens is 601 g/mol. The van der Waals surface area contributed by atoms with Gasteiger partial charge in [-0.25, -0.2) is 4.21 Å². The topological polar surface area (TPSA) is 23.6 Å². The molecule has 4 rings (SSSR count). The van der Waals surface area contributed by atoms with Gasteiger partial charge in [0.1, 0.15) is 0 Å². The van der Waals surface area contributed by atoms with Crippen molar-refractivity contribution in [2.45, 2.75) is 77.7 Å². The van der Waals surface area contributed by atoms with Gasteiger partial charge in [0, 0.05) is 32.8 Å². The van der Waals surface area contributed by atoms with Crippen molar-refractivity contribution in [1.82, 2.24) is 9.80 Å². The largest absolute Gasteiger partial charge is 0.304 e. The molecule has 0 radical (unpaired) electrons. The molecule has 1 aromatic carbocycles. The Kier molecular flexibility index (Phi) is 21.5. The molecule has 3 aliphatic rings. The van der Waals surface area contributed by atoms with Gasteiger partial charge < -0.3 is 9.80 Å². The number of nitrogens with zero attached hydrogens (tertiary/aromatic N) is 2. The second-order valence-electron chi connectivity index (χ2n) is 9.18. The maximum absolute atomic E-state index is 9.09. The van der Waals surface area contributed by atoms with Gasteiger partial charge >= 0.3 is 0 Å². The van der Waals surface area contributed by atoms with Gasteiger partial charge in [0.15, 0.2) is 0 Å². The third-order valence-corrected chi connectivity index (χ3v) is 7.61. The van der Waals surface area contributed by atoms with Crippen molar-refractivity contribution < 1.29 is 4.21 Å². The molecule has 1 aromatic rings. The molecule has 1 aliphatic heterocycles. The van der Waals surface area contributed by atoms with E-state index < -0.39 is 9.23 Å². The zero-order valence-corrected chi connectivity index (χ0v) is 27.7. The minimum atomic E-state index is -1.67. The van der Waals surface area contributed by atoms with E-state index in [-0.39, 0.29) is 10.7 Å². The fourth-order valence-electron chi connectivity index (χ4n) is 5.98. The van der Waals surface area contributed by atoms with E-state index in [9.17, 15) is 0 Å². The Morgan fingerprint density at radius 2 is 1.53 bits per heavy atom. The highest BCUT2D eigenvalue weighted by molar-refractivity contribution is 8.26. The van der Waals surface area contributed by atoms with Crippen molar-refractivity contribution in [2.24, 2.45) is 5.92 Å². The fraction of sp³-hybridized carbons (Fsp3) is 0.769. The Morgan fingerprint density at radius 3 is 2.00 bits per heavy atom. The van der Waals surface area contributed by atoms with Gasteiger partial charge in [0.2, 0.25) is 9.23 Å². The minimum Gasteiger partial charge on any atom is -0.304 e. The number of piperidine rings is 1. The monoisotopic (exact) mass is 642 g/mol. The van der Waals surface area contributed by atoms with Gasteiger partial charge in [-0.05, 0) is 82.9 Å². The van der Waals surface area contributed by atoms with E-state index in [1.54, 1.807) is 11.1 Å². The molecule has 0 N–H and O–H groups in total. The van der Waals surface area contributed by atoms with E-state index in [0.717, 1.165) is 12.0 Å². The highest BCUT2D eigenvalue weighted by Gasteiger charge is 2.52. The molecule has 1 saturated carbocycles.